The normalized spacial score (nSPS) is 11.0. The van der Waals surface area contributed by atoms with Crippen molar-refractivity contribution >= 4 is 33.0 Å². The number of anilines is 1. The van der Waals surface area contributed by atoms with Gasteiger partial charge in [-0.1, -0.05) is 6.07 Å². The molecule has 0 fully saturated rings. The number of nitrogens with one attached hydrogen (secondary N) is 1. The van der Waals surface area contributed by atoms with E-state index in [9.17, 15) is 18.3 Å². The molecule has 0 aliphatic carbocycles. The number of carbonyl (C=O) groups excluding carboxylic acids is 1. The second kappa shape index (κ2) is 8.28. The summed E-state index contributed by atoms with van der Waals surface area (Å²) in [4.78, 5) is 15.6. The first kappa shape index (κ1) is 19.6. The van der Waals surface area contributed by atoms with Crippen molar-refractivity contribution in [1.82, 2.24) is 4.98 Å². The van der Waals surface area contributed by atoms with Crippen molar-refractivity contribution < 1.29 is 27.8 Å². The number of esters is 1. The highest BCUT2D eigenvalue weighted by atomic mass is 32.2. The van der Waals surface area contributed by atoms with E-state index in [1.807, 2.05) is 5.38 Å². The molecule has 0 aliphatic rings. The van der Waals surface area contributed by atoms with E-state index >= 15 is 0 Å². The van der Waals surface area contributed by atoms with Crippen LogP contribution >= 0.6 is 11.3 Å². The number of hydrogen-bond donors (Lipinski definition) is 2. The lowest BCUT2D eigenvalue weighted by atomic mass is 10.2. The molecule has 146 valence electrons. The van der Waals surface area contributed by atoms with Crippen LogP contribution in [0.1, 0.15) is 16.1 Å². The molecule has 3 rings (SSSR count). The molecular weight excluding hydrogens is 404 g/mol. The fraction of sp³-hybridized carbons (Fsp3) is 0.111. The third-order valence-corrected chi connectivity index (χ3v) is 5.65. The zero-order chi connectivity index (χ0) is 20.1. The number of phenols is 1. The summed E-state index contributed by atoms with van der Waals surface area (Å²) in [6, 6.07) is 9.79. The van der Waals surface area contributed by atoms with Gasteiger partial charge in [-0.05, 0) is 30.3 Å². The Morgan fingerprint density at radius 3 is 2.79 bits per heavy atom. The van der Waals surface area contributed by atoms with Gasteiger partial charge in [-0.2, -0.15) is 0 Å². The van der Waals surface area contributed by atoms with Crippen LogP contribution in [0.25, 0.3) is 0 Å². The van der Waals surface area contributed by atoms with Crippen molar-refractivity contribution in [3.63, 3.8) is 0 Å². The molecule has 3 aromatic rings. The first-order valence-electron chi connectivity index (χ1n) is 7.93. The van der Waals surface area contributed by atoms with Crippen LogP contribution in [0.15, 0.2) is 58.3 Å². The number of thiazole rings is 1. The van der Waals surface area contributed by atoms with Gasteiger partial charge in [0.15, 0.2) is 0 Å². The average molecular weight is 420 g/mol. The molecule has 0 saturated heterocycles. The number of methoxy groups -OCH3 is 1. The van der Waals surface area contributed by atoms with E-state index in [4.69, 9.17) is 4.74 Å². The SMILES string of the molecule is COC(=O)c1cc(S(=O)(=O)Nc2cccc(OCc3cscn3)c2)ccc1O. The van der Waals surface area contributed by atoms with Crippen molar-refractivity contribution in [3.8, 4) is 11.5 Å². The molecule has 0 radical (unpaired) electrons. The van der Waals surface area contributed by atoms with Crippen LogP contribution in [0, 0.1) is 0 Å². The van der Waals surface area contributed by atoms with Crippen molar-refractivity contribution in [3.05, 3.63) is 64.6 Å². The van der Waals surface area contributed by atoms with Crippen LogP contribution in [0.4, 0.5) is 5.69 Å². The lowest BCUT2D eigenvalue weighted by Crippen LogP contribution is -2.14. The molecule has 0 amide bonds. The minimum absolute atomic E-state index is 0.195. The molecule has 0 unspecified atom stereocenters. The molecule has 28 heavy (non-hydrogen) atoms. The van der Waals surface area contributed by atoms with E-state index in [2.05, 4.69) is 14.4 Å². The van der Waals surface area contributed by atoms with E-state index in [0.29, 0.717) is 5.75 Å². The number of hydrogen-bond acceptors (Lipinski definition) is 8. The largest absolute Gasteiger partial charge is 0.507 e. The molecule has 1 aromatic heterocycles. The predicted molar refractivity (Wildman–Crippen MR) is 103 cm³/mol. The van der Waals surface area contributed by atoms with Gasteiger partial charge in [0.05, 0.1) is 28.9 Å². The lowest BCUT2D eigenvalue weighted by molar-refractivity contribution is 0.0597. The van der Waals surface area contributed by atoms with Crippen molar-refractivity contribution in [2.45, 2.75) is 11.5 Å². The van der Waals surface area contributed by atoms with Gasteiger partial charge in [0.2, 0.25) is 0 Å². The van der Waals surface area contributed by atoms with Gasteiger partial charge in [-0.25, -0.2) is 18.2 Å². The maximum atomic E-state index is 12.6. The van der Waals surface area contributed by atoms with Crippen LogP contribution < -0.4 is 9.46 Å². The summed E-state index contributed by atoms with van der Waals surface area (Å²) >= 11 is 1.46. The zero-order valence-electron chi connectivity index (χ0n) is 14.7. The van der Waals surface area contributed by atoms with Gasteiger partial charge in [0.1, 0.15) is 23.7 Å². The second-order valence-corrected chi connectivity index (χ2v) is 7.97. The third kappa shape index (κ3) is 4.59. The van der Waals surface area contributed by atoms with E-state index in [1.165, 1.54) is 23.5 Å². The van der Waals surface area contributed by atoms with E-state index in [1.54, 1.807) is 23.7 Å². The minimum Gasteiger partial charge on any atom is -0.507 e. The van der Waals surface area contributed by atoms with Gasteiger partial charge in [0.25, 0.3) is 10.0 Å². The topological polar surface area (TPSA) is 115 Å². The molecule has 0 atom stereocenters. The average Bonchev–Trinajstić information content (AvgIpc) is 3.19. The van der Waals surface area contributed by atoms with E-state index in [0.717, 1.165) is 24.9 Å². The second-order valence-electron chi connectivity index (χ2n) is 5.57. The third-order valence-electron chi connectivity index (χ3n) is 3.64. The molecule has 1 heterocycles. The number of ether oxygens (including phenoxy) is 2. The number of rotatable bonds is 7. The number of sulfonamides is 1. The molecule has 0 bridgehead atoms. The number of carbonyl (C=O) groups is 1. The number of benzene rings is 2. The Balaban J connectivity index is 1.79. The van der Waals surface area contributed by atoms with Gasteiger partial charge >= 0.3 is 5.97 Å². The first-order valence-corrected chi connectivity index (χ1v) is 10.4. The summed E-state index contributed by atoms with van der Waals surface area (Å²) < 4.78 is 37.8. The lowest BCUT2D eigenvalue weighted by Gasteiger charge is -2.11. The van der Waals surface area contributed by atoms with Gasteiger partial charge in [-0.3, -0.25) is 4.72 Å². The van der Waals surface area contributed by atoms with Crippen LogP contribution in [0.5, 0.6) is 11.5 Å². The highest BCUT2D eigenvalue weighted by Gasteiger charge is 2.20. The van der Waals surface area contributed by atoms with Crippen molar-refractivity contribution in [1.29, 1.82) is 0 Å². The molecule has 10 heteroatoms. The number of aromatic nitrogens is 1. The van der Waals surface area contributed by atoms with Crippen LogP contribution in [0.3, 0.4) is 0 Å². The summed E-state index contributed by atoms with van der Waals surface area (Å²) in [7, 11) is -2.87. The Morgan fingerprint density at radius 1 is 1.25 bits per heavy atom. The molecule has 0 aliphatic heterocycles. The molecule has 0 spiro atoms. The number of nitrogens with zero attached hydrogens (tertiary/aromatic N) is 1. The molecule has 0 saturated carbocycles. The fourth-order valence-electron chi connectivity index (χ4n) is 2.29. The Bertz CT molecular complexity index is 1080. The molecule has 2 aromatic carbocycles. The minimum atomic E-state index is -4.00. The summed E-state index contributed by atoms with van der Waals surface area (Å²) in [6.07, 6.45) is 0. The Hall–Kier alpha value is -3.11. The van der Waals surface area contributed by atoms with Crippen LogP contribution in [-0.2, 0) is 21.4 Å². The number of phenolic OH excluding ortho intramolecular Hbond substituents is 1. The molecule has 2 N–H and O–H groups in total. The number of aromatic hydroxyl groups is 1. The van der Waals surface area contributed by atoms with Crippen molar-refractivity contribution in [2.24, 2.45) is 0 Å². The first-order chi connectivity index (χ1) is 13.4. The Kier molecular flexibility index (Phi) is 5.81. The zero-order valence-corrected chi connectivity index (χ0v) is 16.3. The summed E-state index contributed by atoms with van der Waals surface area (Å²) in [6.45, 7) is 0.264. The highest BCUT2D eigenvalue weighted by molar-refractivity contribution is 7.92. The Labute approximate surface area is 165 Å². The maximum absolute atomic E-state index is 12.6. The fourth-order valence-corrected chi connectivity index (χ4v) is 3.90. The van der Waals surface area contributed by atoms with E-state index in [-0.39, 0.29) is 28.5 Å². The maximum Gasteiger partial charge on any atom is 0.341 e. The summed E-state index contributed by atoms with van der Waals surface area (Å²) in [5.41, 5.74) is 2.51. The summed E-state index contributed by atoms with van der Waals surface area (Å²) in [5, 5.41) is 11.6. The molecular formula is C18H16N2O6S2. The van der Waals surface area contributed by atoms with E-state index < -0.39 is 16.0 Å². The van der Waals surface area contributed by atoms with Gasteiger partial charge in [0, 0.05) is 11.4 Å². The summed E-state index contributed by atoms with van der Waals surface area (Å²) in [5.74, 6) is -0.746. The van der Waals surface area contributed by atoms with Crippen LogP contribution in [-0.4, -0.2) is 31.6 Å². The standard InChI is InChI=1S/C18H16N2O6S2/c1-25-18(22)16-8-15(5-6-17(16)21)28(23,24)20-12-3-2-4-14(7-12)26-9-13-10-27-11-19-13/h2-8,10-11,20-21H,9H2,1H3. The van der Waals surface area contributed by atoms with Gasteiger partial charge < -0.3 is 14.6 Å². The smallest absolute Gasteiger partial charge is 0.341 e. The van der Waals surface area contributed by atoms with Gasteiger partial charge in [-0.15, -0.1) is 11.3 Å². The van der Waals surface area contributed by atoms with Crippen LogP contribution in [0.2, 0.25) is 0 Å². The quantitative estimate of drug-likeness (QED) is 0.565. The molecule has 8 nitrogen and oxygen atoms in total. The highest BCUT2D eigenvalue weighted by Crippen LogP contribution is 2.25. The monoisotopic (exact) mass is 420 g/mol. The Morgan fingerprint density at radius 2 is 2.07 bits per heavy atom. The predicted octanol–water partition coefficient (Wildman–Crippen LogP) is 3.02. The van der Waals surface area contributed by atoms with Crippen molar-refractivity contribution in [2.75, 3.05) is 11.8 Å².